The van der Waals surface area contributed by atoms with Crippen LogP contribution in [0.25, 0.3) is 22.2 Å². The van der Waals surface area contributed by atoms with Crippen molar-refractivity contribution in [1.29, 1.82) is 0 Å². The van der Waals surface area contributed by atoms with Gasteiger partial charge in [0.15, 0.2) is 0 Å². The minimum Gasteiger partial charge on any atom is -0.395 e. The molecular weight excluding hydrogens is 303 g/mol. The lowest BCUT2D eigenvalue weighted by molar-refractivity contribution is 0.251. The molecule has 0 aliphatic carbocycles. The van der Waals surface area contributed by atoms with Crippen molar-refractivity contribution in [1.82, 2.24) is 10.3 Å². The summed E-state index contributed by atoms with van der Waals surface area (Å²) in [6.45, 7) is 4.65. The van der Waals surface area contributed by atoms with E-state index >= 15 is 0 Å². The minimum absolute atomic E-state index is 0.000672. The van der Waals surface area contributed by atoms with Gasteiger partial charge in [-0.05, 0) is 61.9 Å². The number of benzene rings is 2. The van der Waals surface area contributed by atoms with E-state index in [4.69, 9.17) is 4.98 Å². The second-order valence-corrected chi connectivity index (χ2v) is 6.16. The van der Waals surface area contributed by atoms with E-state index in [1.54, 1.807) is 12.1 Å². The zero-order chi connectivity index (χ0) is 17.1. The Bertz CT molecular complexity index is 846. The smallest absolute Gasteiger partial charge is 0.123 e. The van der Waals surface area contributed by atoms with Crippen LogP contribution >= 0.6 is 0 Å². The highest BCUT2D eigenvalue weighted by molar-refractivity contribution is 5.84. The van der Waals surface area contributed by atoms with Crippen LogP contribution in [0.3, 0.4) is 0 Å². The maximum absolute atomic E-state index is 13.2. The molecule has 0 fully saturated rings. The van der Waals surface area contributed by atoms with E-state index in [9.17, 15) is 9.50 Å². The third-order valence-electron chi connectivity index (χ3n) is 4.08. The van der Waals surface area contributed by atoms with Gasteiger partial charge in [-0.25, -0.2) is 9.37 Å². The molecule has 0 amide bonds. The molecule has 2 aromatic carbocycles. The molecule has 0 saturated carbocycles. The van der Waals surface area contributed by atoms with E-state index < -0.39 is 0 Å². The quantitative estimate of drug-likeness (QED) is 0.750. The first-order chi connectivity index (χ1) is 11.6. The Labute approximate surface area is 141 Å². The van der Waals surface area contributed by atoms with Crippen LogP contribution < -0.4 is 5.32 Å². The summed E-state index contributed by atoms with van der Waals surface area (Å²) in [5.41, 5.74) is 4.84. The third-order valence-corrected chi connectivity index (χ3v) is 4.08. The predicted octanol–water partition coefficient (Wildman–Crippen LogP) is 3.82. The molecule has 0 aliphatic heterocycles. The zero-order valence-electron chi connectivity index (χ0n) is 13.9. The molecule has 0 unspecified atom stereocenters. The van der Waals surface area contributed by atoms with Gasteiger partial charge in [0.05, 0.1) is 17.8 Å². The normalized spacial score (nSPS) is 12.5. The first kappa shape index (κ1) is 16.6. The van der Waals surface area contributed by atoms with Crippen LogP contribution in [-0.2, 0) is 6.54 Å². The number of halogens is 1. The topological polar surface area (TPSA) is 45.2 Å². The first-order valence-corrected chi connectivity index (χ1v) is 8.07. The Morgan fingerprint density at radius 1 is 1.12 bits per heavy atom. The van der Waals surface area contributed by atoms with E-state index in [0.29, 0.717) is 6.54 Å². The maximum Gasteiger partial charge on any atom is 0.123 e. The summed E-state index contributed by atoms with van der Waals surface area (Å²) in [7, 11) is 0. The highest BCUT2D eigenvalue weighted by atomic mass is 19.1. The fraction of sp³-hybridized carbons (Fsp3) is 0.250. The number of hydrogen-bond donors (Lipinski definition) is 2. The number of fused-ring (bicyclic) bond motifs is 1. The second kappa shape index (κ2) is 7.07. The van der Waals surface area contributed by atoms with Gasteiger partial charge in [-0.3, -0.25) is 0 Å². The first-order valence-electron chi connectivity index (χ1n) is 8.07. The average Bonchev–Trinajstić information content (AvgIpc) is 2.59. The van der Waals surface area contributed by atoms with Crippen molar-refractivity contribution in [2.45, 2.75) is 26.4 Å². The van der Waals surface area contributed by atoms with E-state index in [1.807, 2.05) is 19.1 Å². The number of aliphatic hydroxyl groups is 1. The number of nitrogens with zero attached hydrogens (tertiary/aromatic N) is 1. The lowest BCUT2D eigenvalue weighted by Gasteiger charge is -2.15. The molecule has 1 aromatic heterocycles. The lowest BCUT2D eigenvalue weighted by Crippen LogP contribution is -2.28. The zero-order valence-corrected chi connectivity index (χ0v) is 13.9. The predicted molar refractivity (Wildman–Crippen MR) is 95.3 cm³/mol. The molecule has 0 bridgehead atoms. The Hall–Kier alpha value is -2.30. The molecule has 24 heavy (non-hydrogen) atoms. The number of pyridine rings is 1. The monoisotopic (exact) mass is 324 g/mol. The van der Waals surface area contributed by atoms with Gasteiger partial charge in [-0.2, -0.15) is 0 Å². The van der Waals surface area contributed by atoms with Crippen LogP contribution in [0.5, 0.6) is 0 Å². The number of rotatable bonds is 5. The lowest BCUT2D eigenvalue weighted by atomic mass is 10.0. The highest BCUT2D eigenvalue weighted by Gasteiger charge is 2.11. The summed E-state index contributed by atoms with van der Waals surface area (Å²) in [6, 6.07) is 14.7. The van der Waals surface area contributed by atoms with Gasteiger partial charge in [0, 0.05) is 23.5 Å². The van der Waals surface area contributed by atoms with Crippen molar-refractivity contribution in [3.05, 3.63) is 65.5 Å². The number of aryl methyl sites for hydroxylation is 1. The number of aromatic nitrogens is 1. The Kier molecular flexibility index (Phi) is 4.88. The summed E-state index contributed by atoms with van der Waals surface area (Å²) >= 11 is 0. The summed E-state index contributed by atoms with van der Waals surface area (Å²) in [4.78, 5) is 4.80. The molecule has 1 atom stereocenters. The summed E-state index contributed by atoms with van der Waals surface area (Å²) in [5.74, 6) is -0.260. The molecule has 3 nitrogen and oxygen atoms in total. The van der Waals surface area contributed by atoms with Crippen LogP contribution in [0.15, 0.2) is 48.5 Å². The fourth-order valence-electron chi connectivity index (χ4n) is 2.68. The summed E-state index contributed by atoms with van der Waals surface area (Å²) < 4.78 is 13.2. The van der Waals surface area contributed by atoms with Crippen molar-refractivity contribution < 1.29 is 9.50 Å². The van der Waals surface area contributed by atoms with Crippen LogP contribution in [0.1, 0.15) is 18.1 Å². The van der Waals surface area contributed by atoms with Crippen LogP contribution in [-0.4, -0.2) is 22.7 Å². The van der Waals surface area contributed by atoms with E-state index in [1.165, 1.54) is 17.7 Å². The van der Waals surface area contributed by atoms with Gasteiger partial charge in [0.1, 0.15) is 5.82 Å². The standard InChI is InChI=1S/C20H21FN2O/c1-13-3-8-19-16(9-13)10-17(11-22-14(2)12-24)20(23-19)15-4-6-18(21)7-5-15/h3-10,14,22,24H,11-12H2,1-2H3/t14-/m0/s1. The van der Waals surface area contributed by atoms with Gasteiger partial charge >= 0.3 is 0 Å². The molecule has 4 heteroatoms. The van der Waals surface area contributed by atoms with Crippen molar-refractivity contribution >= 4 is 10.9 Å². The fourth-order valence-corrected chi connectivity index (χ4v) is 2.68. The Morgan fingerprint density at radius 3 is 2.58 bits per heavy atom. The van der Waals surface area contributed by atoms with Gasteiger partial charge in [0.2, 0.25) is 0 Å². The maximum atomic E-state index is 13.2. The van der Waals surface area contributed by atoms with Crippen molar-refractivity contribution in [3.8, 4) is 11.3 Å². The largest absolute Gasteiger partial charge is 0.395 e. The van der Waals surface area contributed by atoms with Crippen LogP contribution in [0, 0.1) is 12.7 Å². The second-order valence-electron chi connectivity index (χ2n) is 6.16. The van der Waals surface area contributed by atoms with Gasteiger partial charge in [-0.15, -0.1) is 0 Å². The number of aliphatic hydroxyl groups excluding tert-OH is 1. The molecule has 0 saturated heterocycles. The van der Waals surface area contributed by atoms with Gasteiger partial charge in [0.25, 0.3) is 0 Å². The molecule has 3 aromatic rings. The van der Waals surface area contributed by atoms with Gasteiger partial charge < -0.3 is 10.4 Å². The SMILES string of the molecule is Cc1ccc2nc(-c3ccc(F)cc3)c(CN[C@@H](C)CO)cc2c1. The molecule has 3 rings (SSSR count). The Morgan fingerprint density at radius 2 is 1.88 bits per heavy atom. The number of hydrogen-bond acceptors (Lipinski definition) is 3. The molecule has 0 aliphatic rings. The molecule has 2 N–H and O–H groups in total. The van der Waals surface area contributed by atoms with Crippen molar-refractivity contribution in [2.75, 3.05) is 6.61 Å². The molecular formula is C20H21FN2O. The third kappa shape index (κ3) is 3.61. The summed E-state index contributed by atoms with van der Waals surface area (Å²) in [5, 5.41) is 13.6. The average molecular weight is 324 g/mol. The van der Waals surface area contributed by atoms with E-state index in [-0.39, 0.29) is 18.5 Å². The van der Waals surface area contributed by atoms with E-state index in [0.717, 1.165) is 27.7 Å². The van der Waals surface area contributed by atoms with Crippen LogP contribution in [0.2, 0.25) is 0 Å². The van der Waals surface area contributed by atoms with Gasteiger partial charge in [-0.1, -0.05) is 11.6 Å². The molecule has 0 spiro atoms. The summed E-state index contributed by atoms with van der Waals surface area (Å²) in [6.07, 6.45) is 0. The molecule has 124 valence electrons. The number of nitrogens with one attached hydrogen (secondary N) is 1. The highest BCUT2D eigenvalue weighted by Crippen LogP contribution is 2.26. The van der Waals surface area contributed by atoms with E-state index in [2.05, 4.69) is 24.4 Å². The minimum atomic E-state index is -0.260. The van der Waals surface area contributed by atoms with Crippen molar-refractivity contribution in [2.24, 2.45) is 0 Å². The van der Waals surface area contributed by atoms with Crippen molar-refractivity contribution in [3.63, 3.8) is 0 Å². The Balaban J connectivity index is 2.09. The molecule has 1 heterocycles. The van der Waals surface area contributed by atoms with Crippen LogP contribution in [0.4, 0.5) is 4.39 Å². The molecule has 0 radical (unpaired) electrons.